The molecule has 1 aliphatic rings. The second-order valence-electron chi connectivity index (χ2n) is 2.22. The van der Waals surface area contributed by atoms with E-state index in [4.69, 9.17) is 9.84 Å². The number of ether oxygens (including phenoxy) is 1. The molecule has 4 heteroatoms. The molecule has 0 aromatic rings. The van der Waals surface area contributed by atoms with Crippen molar-refractivity contribution in [2.75, 3.05) is 6.61 Å². The first kappa shape index (κ1) is 8.62. The van der Waals surface area contributed by atoms with E-state index in [2.05, 4.69) is 0 Å². The van der Waals surface area contributed by atoms with Crippen molar-refractivity contribution >= 4 is 17.7 Å². The number of carbonyl (C=O) groups excluding carboxylic acids is 1. The molecule has 1 unspecified atom stereocenters. The lowest BCUT2D eigenvalue weighted by atomic mass is 10.4. The van der Waals surface area contributed by atoms with Gasteiger partial charge in [-0.1, -0.05) is 17.8 Å². The molecule has 11 heavy (non-hydrogen) atoms. The van der Waals surface area contributed by atoms with Gasteiger partial charge in [-0.2, -0.15) is 0 Å². The Morgan fingerprint density at radius 2 is 2.73 bits per heavy atom. The summed E-state index contributed by atoms with van der Waals surface area (Å²) >= 11 is 1.41. The number of esters is 1. The molecule has 1 aliphatic heterocycles. The molecule has 0 amide bonds. The standard InChI is InChI=1S/C7H10O3S/c1-5(9)10-7-3-2-6(4-8)11-7/h2,7-8H,3-4H2,1H3. The Kier molecular flexibility index (Phi) is 2.96. The largest absolute Gasteiger partial charge is 0.451 e. The molecule has 0 aliphatic carbocycles. The lowest BCUT2D eigenvalue weighted by Gasteiger charge is -2.08. The SMILES string of the molecule is CC(=O)OC1CC=C(CO)S1. The van der Waals surface area contributed by atoms with Crippen LogP contribution in [-0.4, -0.2) is 23.1 Å². The fourth-order valence-corrected chi connectivity index (χ4v) is 1.83. The van der Waals surface area contributed by atoms with E-state index in [-0.39, 0.29) is 18.0 Å². The second-order valence-corrected chi connectivity index (χ2v) is 3.51. The molecule has 3 nitrogen and oxygen atoms in total. The minimum absolute atomic E-state index is 0.0441. The predicted octanol–water partition coefficient (Wildman–Crippen LogP) is 0.889. The van der Waals surface area contributed by atoms with Gasteiger partial charge in [-0.15, -0.1) is 0 Å². The Bertz CT molecular complexity index is 188. The number of hydrogen-bond acceptors (Lipinski definition) is 4. The third-order valence-electron chi connectivity index (χ3n) is 1.27. The van der Waals surface area contributed by atoms with Crippen LogP contribution < -0.4 is 0 Å². The molecular formula is C7H10O3S. The highest BCUT2D eigenvalue weighted by Crippen LogP contribution is 2.32. The van der Waals surface area contributed by atoms with Gasteiger partial charge in [0.1, 0.15) is 0 Å². The minimum atomic E-state index is -0.268. The lowest BCUT2D eigenvalue weighted by Crippen LogP contribution is -2.08. The smallest absolute Gasteiger partial charge is 0.303 e. The third-order valence-corrected chi connectivity index (χ3v) is 2.42. The van der Waals surface area contributed by atoms with Gasteiger partial charge in [0.2, 0.25) is 0 Å². The summed E-state index contributed by atoms with van der Waals surface area (Å²) in [7, 11) is 0. The zero-order valence-electron chi connectivity index (χ0n) is 6.24. The van der Waals surface area contributed by atoms with Crippen molar-refractivity contribution in [2.45, 2.75) is 18.8 Å². The number of rotatable bonds is 2. The van der Waals surface area contributed by atoms with Crippen molar-refractivity contribution in [1.29, 1.82) is 0 Å². The van der Waals surface area contributed by atoms with Crippen LogP contribution in [0.15, 0.2) is 11.0 Å². The monoisotopic (exact) mass is 174 g/mol. The first-order chi connectivity index (χ1) is 5.22. The first-order valence-electron chi connectivity index (χ1n) is 3.36. The Morgan fingerprint density at radius 3 is 3.18 bits per heavy atom. The van der Waals surface area contributed by atoms with Gasteiger partial charge in [-0.3, -0.25) is 4.79 Å². The maximum absolute atomic E-state index is 10.5. The second kappa shape index (κ2) is 3.78. The van der Waals surface area contributed by atoms with Gasteiger partial charge in [0.25, 0.3) is 0 Å². The van der Waals surface area contributed by atoms with Crippen LogP contribution in [0.2, 0.25) is 0 Å². The average Bonchev–Trinajstić information content (AvgIpc) is 2.34. The van der Waals surface area contributed by atoms with Gasteiger partial charge in [0.15, 0.2) is 5.44 Å². The zero-order valence-corrected chi connectivity index (χ0v) is 7.06. The van der Waals surface area contributed by atoms with Crippen LogP contribution in [0.3, 0.4) is 0 Å². The van der Waals surface area contributed by atoms with Gasteiger partial charge in [0.05, 0.1) is 6.61 Å². The van der Waals surface area contributed by atoms with Crippen molar-refractivity contribution < 1.29 is 14.6 Å². The van der Waals surface area contributed by atoms with Crippen LogP contribution in [0.1, 0.15) is 13.3 Å². The zero-order chi connectivity index (χ0) is 8.27. The summed E-state index contributed by atoms with van der Waals surface area (Å²) < 4.78 is 4.90. The summed E-state index contributed by atoms with van der Waals surface area (Å²) in [5.41, 5.74) is -0.116. The Hall–Kier alpha value is -0.480. The summed E-state index contributed by atoms with van der Waals surface area (Å²) in [4.78, 5) is 11.4. The topological polar surface area (TPSA) is 46.5 Å². The number of thioether (sulfide) groups is 1. The number of aliphatic hydroxyl groups excluding tert-OH is 1. The molecular weight excluding hydrogens is 164 g/mol. The third kappa shape index (κ3) is 2.55. The van der Waals surface area contributed by atoms with Crippen LogP contribution in [-0.2, 0) is 9.53 Å². The van der Waals surface area contributed by atoms with E-state index >= 15 is 0 Å². The van der Waals surface area contributed by atoms with Crippen LogP contribution in [0, 0.1) is 0 Å². The molecule has 1 atom stereocenters. The van der Waals surface area contributed by atoms with Crippen molar-refractivity contribution in [3.05, 3.63) is 11.0 Å². The normalized spacial score (nSPS) is 23.1. The summed E-state index contributed by atoms with van der Waals surface area (Å²) in [6.07, 6.45) is 2.60. The molecule has 0 bridgehead atoms. The van der Waals surface area contributed by atoms with E-state index in [0.717, 1.165) is 4.91 Å². The summed E-state index contributed by atoms with van der Waals surface area (Å²) in [5.74, 6) is -0.268. The van der Waals surface area contributed by atoms with Crippen LogP contribution in [0.5, 0.6) is 0 Å². The highest BCUT2D eigenvalue weighted by molar-refractivity contribution is 8.03. The molecule has 0 aromatic heterocycles. The highest BCUT2D eigenvalue weighted by Gasteiger charge is 2.19. The van der Waals surface area contributed by atoms with Crippen LogP contribution in [0.25, 0.3) is 0 Å². The lowest BCUT2D eigenvalue weighted by molar-refractivity contribution is -0.142. The van der Waals surface area contributed by atoms with Gasteiger partial charge in [-0.05, 0) is 0 Å². The Balaban J connectivity index is 2.30. The average molecular weight is 174 g/mol. The van der Waals surface area contributed by atoms with Gasteiger partial charge in [0, 0.05) is 18.2 Å². The van der Waals surface area contributed by atoms with E-state index < -0.39 is 0 Å². The Morgan fingerprint density at radius 1 is 2.00 bits per heavy atom. The van der Waals surface area contributed by atoms with Gasteiger partial charge >= 0.3 is 5.97 Å². The van der Waals surface area contributed by atoms with Crippen molar-refractivity contribution in [3.8, 4) is 0 Å². The molecule has 0 radical (unpaired) electrons. The molecule has 0 saturated carbocycles. The van der Waals surface area contributed by atoms with E-state index in [1.807, 2.05) is 6.08 Å². The predicted molar refractivity (Wildman–Crippen MR) is 42.9 cm³/mol. The van der Waals surface area contributed by atoms with Crippen LogP contribution >= 0.6 is 11.8 Å². The fraction of sp³-hybridized carbons (Fsp3) is 0.571. The van der Waals surface area contributed by atoms with E-state index in [0.29, 0.717) is 6.42 Å². The maximum Gasteiger partial charge on any atom is 0.303 e. The molecule has 0 spiro atoms. The summed E-state index contributed by atoms with van der Waals surface area (Å²) in [6.45, 7) is 1.43. The molecule has 1 rings (SSSR count). The maximum atomic E-state index is 10.5. The minimum Gasteiger partial charge on any atom is -0.451 e. The van der Waals surface area contributed by atoms with Crippen LogP contribution in [0.4, 0.5) is 0 Å². The van der Waals surface area contributed by atoms with Gasteiger partial charge in [-0.25, -0.2) is 0 Å². The first-order valence-corrected chi connectivity index (χ1v) is 4.24. The Labute approximate surface area is 69.4 Å². The fourth-order valence-electron chi connectivity index (χ4n) is 0.852. The molecule has 1 heterocycles. The van der Waals surface area contributed by atoms with Crippen molar-refractivity contribution in [1.82, 2.24) is 0 Å². The molecule has 0 saturated heterocycles. The van der Waals surface area contributed by atoms with E-state index in [1.165, 1.54) is 18.7 Å². The highest BCUT2D eigenvalue weighted by atomic mass is 32.2. The molecule has 62 valence electrons. The molecule has 0 fully saturated rings. The molecule has 0 aromatic carbocycles. The molecule has 1 N–H and O–H groups in total. The summed E-state index contributed by atoms with van der Waals surface area (Å²) in [6, 6.07) is 0. The van der Waals surface area contributed by atoms with E-state index in [9.17, 15) is 4.79 Å². The summed E-state index contributed by atoms with van der Waals surface area (Å²) in [5, 5.41) is 8.69. The number of hydrogen-bond donors (Lipinski definition) is 1. The van der Waals surface area contributed by atoms with Crippen molar-refractivity contribution in [2.24, 2.45) is 0 Å². The number of carbonyl (C=O) groups is 1. The van der Waals surface area contributed by atoms with Crippen molar-refractivity contribution in [3.63, 3.8) is 0 Å². The van der Waals surface area contributed by atoms with Gasteiger partial charge < -0.3 is 9.84 Å². The number of aliphatic hydroxyl groups is 1. The quantitative estimate of drug-likeness (QED) is 0.631. The van der Waals surface area contributed by atoms with E-state index in [1.54, 1.807) is 0 Å².